The first-order chi connectivity index (χ1) is 8.84. The van der Waals surface area contributed by atoms with Gasteiger partial charge in [-0.05, 0) is 24.3 Å². The van der Waals surface area contributed by atoms with E-state index >= 15 is 0 Å². The average molecular weight is 242 g/mol. The molecule has 1 aromatic carbocycles. The third-order valence-corrected chi connectivity index (χ3v) is 3.54. The fraction of sp³-hybridized carbons (Fsp3) is 0.429. The van der Waals surface area contributed by atoms with Gasteiger partial charge in [0.05, 0.1) is 6.54 Å². The summed E-state index contributed by atoms with van der Waals surface area (Å²) in [6, 6.07) is 11.1. The average Bonchev–Trinajstić information content (AvgIpc) is 3.15. The molecular weight excluding hydrogens is 224 g/mol. The molecule has 18 heavy (non-hydrogen) atoms. The predicted molar refractivity (Wildman–Crippen MR) is 69.7 cm³/mol. The molecule has 0 radical (unpaired) electrons. The van der Waals surface area contributed by atoms with E-state index in [-0.39, 0.29) is 0 Å². The fourth-order valence-corrected chi connectivity index (χ4v) is 2.32. The van der Waals surface area contributed by atoms with Crippen LogP contribution in [-0.2, 0) is 13.6 Å². The van der Waals surface area contributed by atoms with E-state index in [1.165, 1.54) is 18.4 Å². The summed E-state index contributed by atoms with van der Waals surface area (Å²) in [5, 5.41) is 11.6. The summed E-state index contributed by atoms with van der Waals surface area (Å²) in [6.45, 7) is 0.770. The molecule has 1 heterocycles. The Bertz CT molecular complexity index is 502. The van der Waals surface area contributed by atoms with Gasteiger partial charge in [0.2, 0.25) is 0 Å². The Labute approximate surface area is 107 Å². The number of aromatic nitrogens is 3. The Kier molecular flexibility index (Phi) is 3.11. The first-order valence-corrected chi connectivity index (χ1v) is 6.46. The van der Waals surface area contributed by atoms with Gasteiger partial charge in [-0.3, -0.25) is 0 Å². The normalized spacial score (nSPS) is 16.7. The lowest BCUT2D eigenvalue weighted by molar-refractivity contribution is 0.467. The van der Waals surface area contributed by atoms with Crippen LogP contribution in [-0.4, -0.2) is 14.8 Å². The lowest BCUT2D eigenvalue weighted by Gasteiger charge is -2.18. The van der Waals surface area contributed by atoms with Gasteiger partial charge in [-0.2, -0.15) is 0 Å². The van der Waals surface area contributed by atoms with Crippen LogP contribution in [0, 0.1) is 5.92 Å². The Morgan fingerprint density at radius 1 is 1.33 bits per heavy atom. The van der Waals surface area contributed by atoms with Gasteiger partial charge in [-0.15, -0.1) is 10.2 Å². The summed E-state index contributed by atoms with van der Waals surface area (Å²) in [6.07, 6.45) is 4.39. The van der Waals surface area contributed by atoms with Gasteiger partial charge in [-0.25, -0.2) is 0 Å². The highest BCUT2D eigenvalue weighted by Gasteiger charge is 2.31. The summed E-state index contributed by atoms with van der Waals surface area (Å²) in [5.41, 5.74) is 1.38. The molecule has 1 atom stereocenters. The van der Waals surface area contributed by atoms with E-state index < -0.39 is 0 Å². The lowest BCUT2D eigenvalue weighted by Crippen LogP contribution is -2.24. The Hall–Kier alpha value is -1.68. The highest BCUT2D eigenvalue weighted by Crippen LogP contribution is 2.40. The van der Waals surface area contributed by atoms with Gasteiger partial charge in [0.15, 0.2) is 0 Å². The quantitative estimate of drug-likeness (QED) is 0.872. The maximum atomic E-state index is 4.11. The van der Waals surface area contributed by atoms with Crippen molar-refractivity contribution in [2.75, 3.05) is 0 Å². The van der Waals surface area contributed by atoms with Crippen molar-refractivity contribution >= 4 is 0 Å². The number of aryl methyl sites for hydroxylation is 1. The molecule has 0 amide bonds. The van der Waals surface area contributed by atoms with E-state index in [0.717, 1.165) is 18.3 Å². The van der Waals surface area contributed by atoms with Crippen molar-refractivity contribution in [1.82, 2.24) is 20.1 Å². The van der Waals surface area contributed by atoms with Gasteiger partial charge < -0.3 is 9.88 Å². The summed E-state index contributed by atoms with van der Waals surface area (Å²) in [7, 11) is 1.98. The molecule has 94 valence electrons. The van der Waals surface area contributed by atoms with Crippen molar-refractivity contribution in [3.05, 3.63) is 48.0 Å². The van der Waals surface area contributed by atoms with E-state index in [9.17, 15) is 0 Å². The molecule has 2 aromatic rings. The Morgan fingerprint density at radius 2 is 2.11 bits per heavy atom. The van der Waals surface area contributed by atoms with Crippen LogP contribution < -0.4 is 5.32 Å². The third-order valence-electron chi connectivity index (χ3n) is 3.54. The number of nitrogens with one attached hydrogen (secondary N) is 1. The molecule has 1 aromatic heterocycles. The summed E-state index contributed by atoms with van der Waals surface area (Å²) in [4.78, 5) is 0. The molecule has 1 N–H and O–H groups in total. The summed E-state index contributed by atoms with van der Waals surface area (Å²) < 4.78 is 1.96. The van der Waals surface area contributed by atoms with Crippen LogP contribution in [0.15, 0.2) is 36.7 Å². The Balaban J connectivity index is 1.70. The zero-order valence-electron chi connectivity index (χ0n) is 10.6. The molecule has 3 rings (SSSR count). The van der Waals surface area contributed by atoms with Crippen LogP contribution >= 0.6 is 0 Å². The minimum atomic E-state index is 0.447. The lowest BCUT2D eigenvalue weighted by atomic mass is 10.0. The maximum Gasteiger partial charge on any atom is 0.146 e. The van der Waals surface area contributed by atoms with E-state index in [2.05, 4.69) is 45.8 Å². The first-order valence-electron chi connectivity index (χ1n) is 6.46. The molecule has 1 unspecified atom stereocenters. The van der Waals surface area contributed by atoms with E-state index in [1.807, 2.05) is 11.6 Å². The third kappa shape index (κ3) is 2.43. The second kappa shape index (κ2) is 4.90. The number of rotatable bonds is 5. The molecule has 4 heteroatoms. The molecule has 0 spiro atoms. The fourth-order valence-electron chi connectivity index (χ4n) is 2.32. The first kappa shape index (κ1) is 11.4. The van der Waals surface area contributed by atoms with Gasteiger partial charge in [0.25, 0.3) is 0 Å². The Morgan fingerprint density at radius 3 is 2.72 bits per heavy atom. The second-order valence-corrected chi connectivity index (χ2v) is 4.96. The van der Waals surface area contributed by atoms with Crippen LogP contribution in [0.25, 0.3) is 0 Å². The zero-order valence-corrected chi connectivity index (χ0v) is 10.6. The van der Waals surface area contributed by atoms with Crippen LogP contribution in [0.4, 0.5) is 0 Å². The molecule has 4 nitrogen and oxygen atoms in total. The van der Waals surface area contributed by atoms with Crippen LogP contribution in [0.1, 0.15) is 30.3 Å². The molecular formula is C14H18N4. The second-order valence-electron chi connectivity index (χ2n) is 4.96. The van der Waals surface area contributed by atoms with Gasteiger partial charge in [0, 0.05) is 13.1 Å². The molecule has 0 saturated heterocycles. The zero-order chi connectivity index (χ0) is 12.4. The van der Waals surface area contributed by atoms with Crippen LogP contribution in [0.5, 0.6) is 0 Å². The molecule has 1 aliphatic carbocycles. The summed E-state index contributed by atoms with van der Waals surface area (Å²) >= 11 is 0. The molecule has 1 aliphatic rings. The van der Waals surface area contributed by atoms with Crippen molar-refractivity contribution in [1.29, 1.82) is 0 Å². The maximum absolute atomic E-state index is 4.11. The summed E-state index contributed by atoms with van der Waals surface area (Å²) in [5.74, 6) is 1.76. The van der Waals surface area contributed by atoms with Gasteiger partial charge in [0.1, 0.15) is 12.2 Å². The smallest absolute Gasteiger partial charge is 0.146 e. The van der Waals surface area contributed by atoms with Crippen molar-refractivity contribution < 1.29 is 0 Å². The molecule has 0 bridgehead atoms. The molecule has 1 saturated carbocycles. The number of hydrogen-bond acceptors (Lipinski definition) is 3. The van der Waals surface area contributed by atoms with Crippen molar-refractivity contribution in [3.63, 3.8) is 0 Å². The topological polar surface area (TPSA) is 42.7 Å². The van der Waals surface area contributed by atoms with Crippen molar-refractivity contribution in [3.8, 4) is 0 Å². The molecule has 0 aliphatic heterocycles. The SMILES string of the molecule is Cn1cnnc1CNC(c1ccccc1)C1CC1. The standard InChI is InChI=1S/C14H18N4/c1-18-10-16-17-13(18)9-15-14(12-7-8-12)11-5-3-2-4-6-11/h2-6,10,12,14-15H,7-9H2,1H3. The largest absolute Gasteiger partial charge is 0.320 e. The van der Waals surface area contributed by atoms with Gasteiger partial charge >= 0.3 is 0 Å². The highest BCUT2D eigenvalue weighted by molar-refractivity contribution is 5.21. The van der Waals surface area contributed by atoms with Crippen LogP contribution in [0.2, 0.25) is 0 Å². The number of benzene rings is 1. The van der Waals surface area contributed by atoms with E-state index in [4.69, 9.17) is 0 Å². The van der Waals surface area contributed by atoms with E-state index in [0.29, 0.717) is 6.04 Å². The van der Waals surface area contributed by atoms with Gasteiger partial charge in [-0.1, -0.05) is 30.3 Å². The number of nitrogens with zero attached hydrogens (tertiary/aromatic N) is 3. The van der Waals surface area contributed by atoms with E-state index in [1.54, 1.807) is 6.33 Å². The predicted octanol–water partition coefficient (Wildman–Crippen LogP) is 2.06. The van der Waals surface area contributed by atoms with Crippen molar-refractivity contribution in [2.45, 2.75) is 25.4 Å². The van der Waals surface area contributed by atoms with Crippen LogP contribution in [0.3, 0.4) is 0 Å². The minimum Gasteiger partial charge on any atom is -0.320 e. The molecule has 1 fully saturated rings. The number of hydrogen-bond donors (Lipinski definition) is 1. The van der Waals surface area contributed by atoms with Crippen molar-refractivity contribution in [2.24, 2.45) is 13.0 Å². The minimum absolute atomic E-state index is 0.447. The highest BCUT2D eigenvalue weighted by atomic mass is 15.3. The monoisotopic (exact) mass is 242 g/mol.